The molecule has 1 aliphatic carbocycles. The van der Waals surface area contributed by atoms with Gasteiger partial charge in [0.1, 0.15) is 5.82 Å². The van der Waals surface area contributed by atoms with Crippen LogP contribution in [0, 0.1) is 11.7 Å². The van der Waals surface area contributed by atoms with Crippen LogP contribution in [0.3, 0.4) is 0 Å². The first-order chi connectivity index (χ1) is 11.8. The van der Waals surface area contributed by atoms with Gasteiger partial charge < -0.3 is 15.4 Å². The van der Waals surface area contributed by atoms with Crippen LogP contribution in [-0.4, -0.2) is 45.1 Å². The number of hydrogen-bond acceptors (Lipinski definition) is 3. The van der Waals surface area contributed by atoms with Crippen molar-refractivity contribution in [2.75, 3.05) is 39.1 Å². The van der Waals surface area contributed by atoms with Crippen molar-refractivity contribution in [1.29, 1.82) is 0 Å². The summed E-state index contributed by atoms with van der Waals surface area (Å²) in [5, 5.41) is 6.55. The Labute approximate surface area is 171 Å². The molecule has 0 aromatic heterocycles. The summed E-state index contributed by atoms with van der Waals surface area (Å²) in [4.78, 5) is 4.20. The number of guanidine groups is 1. The minimum atomic E-state index is -0.126. The van der Waals surface area contributed by atoms with Crippen molar-refractivity contribution in [2.24, 2.45) is 10.9 Å². The predicted octanol–water partition coefficient (Wildman–Crippen LogP) is 3.66. The molecule has 0 atom stereocenters. The molecule has 0 radical (unpaired) electrons. The topological polar surface area (TPSA) is 45.7 Å². The van der Waals surface area contributed by atoms with Gasteiger partial charge in [0.15, 0.2) is 5.96 Å². The van der Waals surface area contributed by atoms with Gasteiger partial charge in [-0.3, -0.25) is 4.99 Å². The molecule has 25 heavy (non-hydrogen) atoms. The van der Waals surface area contributed by atoms with Gasteiger partial charge in [-0.2, -0.15) is 11.8 Å². The number of rotatable bonds is 11. The Bertz CT molecular complexity index is 515. The van der Waals surface area contributed by atoms with Gasteiger partial charge in [0.2, 0.25) is 0 Å². The van der Waals surface area contributed by atoms with E-state index in [-0.39, 0.29) is 29.8 Å². The lowest BCUT2D eigenvalue weighted by Crippen LogP contribution is -2.39. The van der Waals surface area contributed by atoms with Crippen molar-refractivity contribution >= 4 is 41.7 Å². The molecule has 7 heteroatoms. The average molecular weight is 481 g/mol. The van der Waals surface area contributed by atoms with E-state index >= 15 is 0 Å². The Kier molecular flexibility index (Phi) is 12.3. The summed E-state index contributed by atoms with van der Waals surface area (Å²) in [6, 6.07) is 6.94. The van der Waals surface area contributed by atoms with Gasteiger partial charge >= 0.3 is 0 Å². The molecule has 0 heterocycles. The largest absolute Gasteiger partial charge is 0.381 e. The molecular weight excluding hydrogens is 452 g/mol. The minimum absolute atomic E-state index is 0. The molecule has 1 aliphatic rings. The first-order valence-corrected chi connectivity index (χ1v) is 9.78. The lowest BCUT2D eigenvalue weighted by Gasteiger charge is -2.12. The van der Waals surface area contributed by atoms with E-state index in [1.165, 1.54) is 18.9 Å². The van der Waals surface area contributed by atoms with Crippen LogP contribution in [0.4, 0.5) is 4.39 Å². The van der Waals surface area contributed by atoms with E-state index in [1.807, 2.05) is 12.1 Å². The van der Waals surface area contributed by atoms with Crippen molar-refractivity contribution < 1.29 is 9.13 Å². The molecule has 1 aromatic carbocycles. The first kappa shape index (κ1) is 22.5. The highest BCUT2D eigenvalue weighted by Gasteiger charge is 2.20. The summed E-state index contributed by atoms with van der Waals surface area (Å²) in [6.45, 7) is 3.38. The Hall–Kier alpha value is -0.540. The van der Waals surface area contributed by atoms with E-state index in [0.29, 0.717) is 5.75 Å². The van der Waals surface area contributed by atoms with Crippen molar-refractivity contribution in [3.63, 3.8) is 0 Å². The first-order valence-electron chi connectivity index (χ1n) is 8.63. The van der Waals surface area contributed by atoms with Crippen molar-refractivity contribution in [3.8, 4) is 0 Å². The zero-order valence-electron chi connectivity index (χ0n) is 14.8. The maximum atomic E-state index is 13.5. The second-order valence-corrected chi connectivity index (χ2v) is 7.05. The molecule has 0 bridgehead atoms. The van der Waals surface area contributed by atoms with Crippen molar-refractivity contribution in [2.45, 2.75) is 25.0 Å². The molecule has 2 N–H and O–H groups in total. The third-order valence-corrected chi connectivity index (χ3v) is 4.79. The molecule has 0 saturated heterocycles. The number of hydrogen-bond donors (Lipinski definition) is 2. The molecule has 0 aliphatic heterocycles. The molecule has 0 unspecified atom stereocenters. The Balaban J connectivity index is 0.00000312. The van der Waals surface area contributed by atoms with Gasteiger partial charge in [-0.05, 0) is 36.8 Å². The van der Waals surface area contributed by atoms with Gasteiger partial charge in [0, 0.05) is 44.9 Å². The summed E-state index contributed by atoms with van der Waals surface area (Å²) in [5.74, 6) is 3.11. The van der Waals surface area contributed by atoms with Gasteiger partial charge in [-0.1, -0.05) is 18.2 Å². The number of halogens is 2. The average Bonchev–Trinajstić information content (AvgIpc) is 3.41. The van der Waals surface area contributed by atoms with Crippen LogP contribution in [0.15, 0.2) is 29.3 Å². The fourth-order valence-corrected chi connectivity index (χ4v) is 3.02. The molecule has 142 valence electrons. The van der Waals surface area contributed by atoms with Crippen LogP contribution in [0.1, 0.15) is 24.8 Å². The summed E-state index contributed by atoms with van der Waals surface area (Å²) >= 11 is 1.71. The molecule has 0 amide bonds. The maximum absolute atomic E-state index is 13.5. The second-order valence-electron chi connectivity index (χ2n) is 5.94. The fraction of sp³-hybridized carbons (Fsp3) is 0.611. The lowest BCUT2D eigenvalue weighted by atomic mass is 10.2. The standard InChI is InChI=1S/C18H28FN3OS.HI/c1-20-18(21-9-4-11-23-13-15-7-8-15)22-10-12-24-14-16-5-2-3-6-17(16)19;/h2-3,5-6,15H,4,7-14H2,1H3,(H2,20,21,22);1H. The number of thioether (sulfide) groups is 1. The Morgan fingerprint density at radius 2 is 2.04 bits per heavy atom. The zero-order chi connectivity index (χ0) is 17.0. The molecule has 4 nitrogen and oxygen atoms in total. The predicted molar refractivity (Wildman–Crippen MR) is 116 cm³/mol. The van der Waals surface area contributed by atoms with Gasteiger partial charge in [-0.15, -0.1) is 24.0 Å². The Morgan fingerprint density at radius 1 is 1.28 bits per heavy atom. The lowest BCUT2D eigenvalue weighted by molar-refractivity contribution is 0.123. The Morgan fingerprint density at radius 3 is 2.76 bits per heavy atom. The van der Waals surface area contributed by atoms with E-state index in [9.17, 15) is 4.39 Å². The molecule has 2 rings (SSSR count). The molecule has 1 aromatic rings. The summed E-state index contributed by atoms with van der Waals surface area (Å²) in [6.07, 6.45) is 3.66. The number of nitrogens with zero attached hydrogens (tertiary/aromatic N) is 1. The third-order valence-electron chi connectivity index (χ3n) is 3.79. The monoisotopic (exact) mass is 481 g/mol. The highest BCUT2D eigenvalue weighted by molar-refractivity contribution is 14.0. The number of aliphatic imine (C=N–C) groups is 1. The number of benzene rings is 1. The zero-order valence-corrected chi connectivity index (χ0v) is 17.9. The van der Waals surface area contributed by atoms with Crippen LogP contribution in [-0.2, 0) is 10.5 Å². The van der Waals surface area contributed by atoms with Gasteiger partial charge in [0.05, 0.1) is 0 Å². The minimum Gasteiger partial charge on any atom is -0.381 e. The highest BCUT2D eigenvalue weighted by atomic mass is 127. The molecule has 0 spiro atoms. The molecule has 1 saturated carbocycles. The third kappa shape index (κ3) is 10.3. The fourth-order valence-electron chi connectivity index (χ4n) is 2.18. The highest BCUT2D eigenvalue weighted by Crippen LogP contribution is 2.28. The second kappa shape index (κ2) is 13.6. The van der Waals surface area contributed by atoms with Crippen LogP contribution in [0.5, 0.6) is 0 Å². The van der Waals surface area contributed by atoms with Gasteiger partial charge in [0.25, 0.3) is 0 Å². The summed E-state index contributed by atoms with van der Waals surface area (Å²) < 4.78 is 19.1. The SMILES string of the molecule is CN=C(NCCCOCC1CC1)NCCSCc1ccccc1F.I. The van der Waals surface area contributed by atoms with Crippen LogP contribution >= 0.6 is 35.7 Å². The van der Waals surface area contributed by atoms with E-state index in [4.69, 9.17) is 4.74 Å². The number of ether oxygens (including phenoxy) is 1. The number of nitrogens with one attached hydrogen (secondary N) is 2. The smallest absolute Gasteiger partial charge is 0.191 e. The van der Waals surface area contributed by atoms with E-state index in [0.717, 1.165) is 55.9 Å². The van der Waals surface area contributed by atoms with Crippen LogP contribution < -0.4 is 10.6 Å². The normalized spacial score (nSPS) is 14.1. The van der Waals surface area contributed by atoms with Gasteiger partial charge in [-0.25, -0.2) is 4.39 Å². The quantitative estimate of drug-likeness (QED) is 0.219. The summed E-state index contributed by atoms with van der Waals surface area (Å²) in [5.41, 5.74) is 0.760. The molecule has 1 fully saturated rings. The van der Waals surface area contributed by atoms with Crippen molar-refractivity contribution in [1.82, 2.24) is 10.6 Å². The van der Waals surface area contributed by atoms with Crippen LogP contribution in [0.25, 0.3) is 0 Å². The maximum Gasteiger partial charge on any atom is 0.191 e. The summed E-state index contributed by atoms with van der Waals surface area (Å²) in [7, 11) is 1.77. The van der Waals surface area contributed by atoms with E-state index in [1.54, 1.807) is 24.9 Å². The van der Waals surface area contributed by atoms with E-state index < -0.39 is 0 Å². The molecular formula is C18H29FIN3OS. The van der Waals surface area contributed by atoms with Crippen LogP contribution in [0.2, 0.25) is 0 Å². The van der Waals surface area contributed by atoms with Crippen molar-refractivity contribution in [3.05, 3.63) is 35.6 Å². The van der Waals surface area contributed by atoms with E-state index in [2.05, 4.69) is 15.6 Å².